The highest BCUT2D eigenvalue weighted by molar-refractivity contribution is 14.1. The third kappa shape index (κ3) is 4.06. The van der Waals surface area contributed by atoms with E-state index >= 15 is 0 Å². The van der Waals surface area contributed by atoms with E-state index in [1.807, 2.05) is 13.8 Å². The van der Waals surface area contributed by atoms with E-state index < -0.39 is 0 Å². The molecule has 5 heteroatoms. The molecule has 0 bridgehead atoms. The molecule has 0 fully saturated rings. The first kappa shape index (κ1) is 12.9. The minimum atomic E-state index is 0.0200. The van der Waals surface area contributed by atoms with Gasteiger partial charge < -0.3 is 5.32 Å². The SMILES string of the molecule is Cc1nc(C)c(C(=O)NCCCCI)s1. The van der Waals surface area contributed by atoms with E-state index in [4.69, 9.17) is 0 Å². The van der Waals surface area contributed by atoms with Crippen molar-refractivity contribution < 1.29 is 4.79 Å². The van der Waals surface area contributed by atoms with Crippen LogP contribution in [0, 0.1) is 13.8 Å². The molecule has 0 saturated carbocycles. The van der Waals surface area contributed by atoms with Crippen LogP contribution in [0.4, 0.5) is 0 Å². The van der Waals surface area contributed by atoms with Crippen molar-refractivity contribution in [3.8, 4) is 0 Å². The minimum Gasteiger partial charge on any atom is -0.351 e. The Hall–Kier alpha value is -0.170. The van der Waals surface area contributed by atoms with E-state index in [1.54, 1.807) is 0 Å². The third-order valence-electron chi connectivity index (χ3n) is 1.96. The molecule has 0 radical (unpaired) electrons. The Kier molecular flexibility index (Phi) is 5.52. The number of alkyl halides is 1. The molecule has 1 N–H and O–H groups in total. The zero-order valence-electron chi connectivity index (χ0n) is 8.97. The van der Waals surface area contributed by atoms with Gasteiger partial charge >= 0.3 is 0 Å². The van der Waals surface area contributed by atoms with Crippen molar-refractivity contribution in [1.82, 2.24) is 10.3 Å². The molecule has 84 valence electrons. The zero-order chi connectivity index (χ0) is 11.3. The summed E-state index contributed by atoms with van der Waals surface area (Å²) in [6.45, 7) is 4.56. The van der Waals surface area contributed by atoms with E-state index in [2.05, 4.69) is 32.9 Å². The lowest BCUT2D eigenvalue weighted by Crippen LogP contribution is -2.24. The van der Waals surface area contributed by atoms with Gasteiger partial charge in [0.15, 0.2) is 0 Å². The standard InChI is InChI=1S/C10H15IN2OS/c1-7-9(15-8(2)13-7)10(14)12-6-4-3-5-11/h3-6H2,1-2H3,(H,12,14). The largest absolute Gasteiger partial charge is 0.351 e. The fraction of sp³-hybridized carbons (Fsp3) is 0.600. The van der Waals surface area contributed by atoms with E-state index in [0.717, 1.165) is 39.4 Å². The zero-order valence-corrected chi connectivity index (χ0v) is 11.9. The number of amides is 1. The second-order valence-corrected chi connectivity index (χ2v) is 5.58. The molecule has 0 aliphatic heterocycles. The first-order valence-corrected chi connectivity index (χ1v) is 7.27. The number of aromatic nitrogens is 1. The van der Waals surface area contributed by atoms with Gasteiger partial charge in [0, 0.05) is 6.54 Å². The minimum absolute atomic E-state index is 0.0200. The van der Waals surface area contributed by atoms with Crippen molar-refractivity contribution in [2.45, 2.75) is 26.7 Å². The maximum atomic E-state index is 11.7. The maximum absolute atomic E-state index is 11.7. The highest BCUT2D eigenvalue weighted by Crippen LogP contribution is 2.16. The number of carbonyl (C=O) groups excluding carboxylic acids is 1. The first-order valence-electron chi connectivity index (χ1n) is 4.93. The molecule has 0 spiro atoms. The van der Waals surface area contributed by atoms with Gasteiger partial charge in [-0.15, -0.1) is 11.3 Å². The van der Waals surface area contributed by atoms with Crippen LogP contribution in [0.1, 0.15) is 33.2 Å². The predicted molar refractivity (Wildman–Crippen MR) is 72.0 cm³/mol. The molecule has 1 amide bonds. The molecule has 0 aliphatic rings. The van der Waals surface area contributed by atoms with Crippen LogP contribution < -0.4 is 5.32 Å². The van der Waals surface area contributed by atoms with Gasteiger partial charge in [-0.05, 0) is 31.1 Å². The summed E-state index contributed by atoms with van der Waals surface area (Å²) in [5, 5.41) is 3.87. The average molecular weight is 338 g/mol. The molecule has 1 aromatic heterocycles. The number of thiazole rings is 1. The summed E-state index contributed by atoms with van der Waals surface area (Å²) in [6, 6.07) is 0. The van der Waals surface area contributed by atoms with Crippen molar-refractivity contribution in [3.05, 3.63) is 15.6 Å². The fourth-order valence-electron chi connectivity index (χ4n) is 1.24. The van der Waals surface area contributed by atoms with Crippen molar-refractivity contribution >= 4 is 39.8 Å². The Morgan fingerprint density at radius 2 is 2.20 bits per heavy atom. The van der Waals surface area contributed by atoms with Crippen molar-refractivity contribution in [3.63, 3.8) is 0 Å². The lowest BCUT2D eigenvalue weighted by molar-refractivity contribution is 0.0956. The summed E-state index contributed by atoms with van der Waals surface area (Å²) >= 11 is 3.81. The van der Waals surface area contributed by atoms with Gasteiger partial charge in [0.25, 0.3) is 5.91 Å². The number of nitrogens with one attached hydrogen (secondary N) is 1. The molecule has 0 unspecified atom stereocenters. The van der Waals surface area contributed by atoms with Crippen molar-refractivity contribution in [2.75, 3.05) is 11.0 Å². The first-order chi connectivity index (χ1) is 7.15. The highest BCUT2D eigenvalue weighted by Gasteiger charge is 2.12. The van der Waals surface area contributed by atoms with Crippen LogP contribution in [0.5, 0.6) is 0 Å². The number of carbonyl (C=O) groups is 1. The van der Waals surface area contributed by atoms with E-state index in [1.165, 1.54) is 11.3 Å². The van der Waals surface area contributed by atoms with Gasteiger partial charge in [-0.2, -0.15) is 0 Å². The third-order valence-corrected chi connectivity index (χ3v) is 3.79. The van der Waals surface area contributed by atoms with E-state index in [-0.39, 0.29) is 5.91 Å². The summed E-state index contributed by atoms with van der Waals surface area (Å²) in [7, 11) is 0. The number of rotatable bonds is 5. The van der Waals surface area contributed by atoms with Gasteiger partial charge in [-0.25, -0.2) is 4.98 Å². The summed E-state index contributed by atoms with van der Waals surface area (Å²) in [5.41, 5.74) is 0.837. The van der Waals surface area contributed by atoms with Gasteiger partial charge in [-0.3, -0.25) is 4.79 Å². The molecule has 1 aromatic rings. The molecule has 15 heavy (non-hydrogen) atoms. The summed E-state index contributed by atoms with van der Waals surface area (Å²) in [5.74, 6) is 0.0200. The quantitative estimate of drug-likeness (QED) is 0.510. The van der Waals surface area contributed by atoms with Crippen LogP contribution in [0.3, 0.4) is 0 Å². The Balaban J connectivity index is 2.43. The molecular weight excluding hydrogens is 323 g/mol. The second-order valence-electron chi connectivity index (χ2n) is 3.30. The van der Waals surface area contributed by atoms with Crippen LogP contribution in [-0.4, -0.2) is 21.9 Å². The maximum Gasteiger partial charge on any atom is 0.263 e. The Labute approximate surface area is 108 Å². The Morgan fingerprint density at radius 1 is 1.47 bits per heavy atom. The average Bonchev–Trinajstić information content (AvgIpc) is 2.52. The summed E-state index contributed by atoms with van der Waals surface area (Å²) in [4.78, 5) is 16.7. The van der Waals surface area contributed by atoms with Crippen LogP contribution in [-0.2, 0) is 0 Å². The molecule has 0 atom stereocenters. The van der Waals surface area contributed by atoms with E-state index in [0.29, 0.717) is 0 Å². The van der Waals surface area contributed by atoms with Gasteiger partial charge in [0.1, 0.15) is 4.88 Å². The smallest absolute Gasteiger partial charge is 0.263 e. The molecule has 0 aromatic carbocycles. The van der Waals surface area contributed by atoms with Gasteiger partial charge in [0.05, 0.1) is 10.7 Å². The lowest BCUT2D eigenvalue weighted by atomic mass is 10.3. The normalized spacial score (nSPS) is 10.3. The molecule has 1 heterocycles. The number of aryl methyl sites for hydroxylation is 2. The van der Waals surface area contributed by atoms with Crippen LogP contribution in [0.25, 0.3) is 0 Å². The van der Waals surface area contributed by atoms with Crippen LogP contribution >= 0.6 is 33.9 Å². The number of halogens is 1. The van der Waals surface area contributed by atoms with E-state index in [9.17, 15) is 4.79 Å². The summed E-state index contributed by atoms with van der Waals surface area (Å²) < 4.78 is 1.15. The van der Waals surface area contributed by atoms with Gasteiger partial charge in [0.2, 0.25) is 0 Å². The number of unbranched alkanes of at least 4 members (excludes halogenated alkanes) is 1. The molecular formula is C10H15IN2OS. The van der Waals surface area contributed by atoms with Crippen LogP contribution in [0.15, 0.2) is 0 Å². The molecule has 0 aliphatic carbocycles. The lowest BCUT2D eigenvalue weighted by Gasteiger charge is -2.02. The molecule has 3 nitrogen and oxygen atoms in total. The van der Waals surface area contributed by atoms with Crippen molar-refractivity contribution in [1.29, 1.82) is 0 Å². The van der Waals surface area contributed by atoms with Crippen molar-refractivity contribution in [2.24, 2.45) is 0 Å². The predicted octanol–water partition coefficient (Wildman–Crippen LogP) is 2.70. The fourth-order valence-corrected chi connectivity index (χ4v) is 2.62. The highest BCUT2D eigenvalue weighted by atomic mass is 127. The number of nitrogens with zero attached hydrogens (tertiary/aromatic N) is 1. The van der Waals surface area contributed by atoms with Crippen LogP contribution in [0.2, 0.25) is 0 Å². The monoisotopic (exact) mass is 338 g/mol. The van der Waals surface area contributed by atoms with Gasteiger partial charge in [-0.1, -0.05) is 22.6 Å². The topological polar surface area (TPSA) is 42.0 Å². The Bertz CT molecular complexity index is 338. The second kappa shape index (κ2) is 6.42. The molecule has 0 saturated heterocycles. The number of hydrogen-bond acceptors (Lipinski definition) is 3. The Morgan fingerprint density at radius 3 is 2.73 bits per heavy atom. The molecule has 1 rings (SSSR count). The summed E-state index contributed by atoms with van der Waals surface area (Å²) in [6.07, 6.45) is 2.20. The number of hydrogen-bond donors (Lipinski definition) is 1.